The van der Waals surface area contributed by atoms with Gasteiger partial charge in [-0.2, -0.15) is 4.99 Å². The van der Waals surface area contributed by atoms with Crippen molar-refractivity contribution in [2.45, 2.75) is 0 Å². The summed E-state index contributed by atoms with van der Waals surface area (Å²) in [5, 5.41) is 1.09. The first kappa shape index (κ1) is 23.2. The molecule has 10 heteroatoms. The SMILES string of the molecule is Cl.NC(=Nc1ccccn1)N1CCN(/C=C2/N=C(c3ccc(F)c4ccccc34)OC2=O)CC1. The van der Waals surface area contributed by atoms with Gasteiger partial charge in [0.05, 0.1) is 0 Å². The summed E-state index contributed by atoms with van der Waals surface area (Å²) in [6.07, 6.45) is 3.37. The molecule has 8 nitrogen and oxygen atoms in total. The number of pyridine rings is 1. The van der Waals surface area contributed by atoms with Gasteiger partial charge in [0.25, 0.3) is 0 Å². The summed E-state index contributed by atoms with van der Waals surface area (Å²) in [7, 11) is 0. The lowest BCUT2D eigenvalue weighted by Gasteiger charge is -2.34. The molecule has 0 atom stereocenters. The van der Waals surface area contributed by atoms with Crippen molar-refractivity contribution in [1.29, 1.82) is 0 Å². The molecule has 2 aromatic carbocycles. The van der Waals surface area contributed by atoms with E-state index in [1.54, 1.807) is 42.7 Å². The fraction of sp³-hybridized carbons (Fsp3) is 0.167. The molecule has 3 aromatic rings. The van der Waals surface area contributed by atoms with E-state index in [0.717, 1.165) is 0 Å². The van der Waals surface area contributed by atoms with Crippen LogP contribution in [0.1, 0.15) is 5.56 Å². The molecule has 0 radical (unpaired) electrons. The van der Waals surface area contributed by atoms with Crippen LogP contribution in [0.3, 0.4) is 0 Å². The number of cyclic esters (lactones) is 1. The number of carbonyl (C=O) groups excluding carboxylic acids is 1. The molecule has 1 saturated heterocycles. The maximum absolute atomic E-state index is 14.1. The first-order chi connectivity index (χ1) is 16.1. The van der Waals surface area contributed by atoms with Gasteiger partial charge in [0, 0.05) is 49.5 Å². The van der Waals surface area contributed by atoms with Gasteiger partial charge in [-0.05, 0) is 29.7 Å². The van der Waals surface area contributed by atoms with Gasteiger partial charge in [-0.3, -0.25) is 0 Å². The molecule has 0 unspecified atom stereocenters. The van der Waals surface area contributed by atoms with Crippen molar-refractivity contribution in [1.82, 2.24) is 14.8 Å². The number of aromatic nitrogens is 1. The second-order valence-corrected chi connectivity index (χ2v) is 7.64. The van der Waals surface area contributed by atoms with Crippen LogP contribution < -0.4 is 5.73 Å². The molecule has 34 heavy (non-hydrogen) atoms. The molecule has 0 aliphatic carbocycles. The number of hydrogen-bond acceptors (Lipinski definition) is 6. The van der Waals surface area contributed by atoms with Crippen LogP contribution in [-0.2, 0) is 9.53 Å². The maximum Gasteiger partial charge on any atom is 0.365 e. The van der Waals surface area contributed by atoms with Crippen molar-refractivity contribution in [2.24, 2.45) is 15.7 Å². The quantitative estimate of drug-likeness (QED) is 0.267. The molecule has 5 rings (SSSR count). The summed E-state index contributed by atoms with van der Waals surface area (Å²) in [6.45, 7) is 2.55. The first-order valence-electron chi connectivity index (χ1n) is 10.5. The van der Waals surface area contributed by atoms with Crippen molar-refractivity contribution in [3.8, 4) is 0 Å². The smallest absolute Gasteiger partial charge is 0.365 e. The highest BCUT2D eigenvalue weighted by atomic mass is 35.5. The van der Waals surface area contributed by atoms with E-state index in [1.807, 2.05) is 28.0 Å². The summed E-state index contributed by atoms with van der Waals surface area (Å²) in [4.78, 5) is 29.3. The second kappa shape index (κ2) is 9.88. The van der Waals surface area contributed by atoms with Gasteiger partial charge < -0.3 is 20.3 Å². The van der Waals surface area contributed by atoms with Gasteiger partial charge >= 0.3 is 5.97 Å². The number of benzene rings is 2. The number of piperazine rings is 1. The number of fused-ring (bicyclic) bond motifs is 1. The van der Waals surface area contributed by atoms with E-state index < -0.39 is 5.97 Å². The van der Waals surface area contributed by atoms with E-state index in [0.29, 0.717) is 54.3 Å². The molecular formula is C24H22ClFN6O2. The first-order valence-corrected chi connectivity index (χ1v) is 10.5. The van der Waals surface area contributed by atoms with E-state index in [4.69, 9.17) is 10.5 Å². The number of carbonyl (C=O) groups is 1. The minimum Gasteiger partial charge on any atom is -0.402 e. The molecular weight excluding hydrogens is 459 g/mol. The van der Waals surface area contributed by atoms with Crippen LogP contribution in [0.4, 0.5) is 10.2 Å². The minimum absolute atomic E-state index is 0. The number of halogens is 2. The van der Waals surface area contributed by atoms with Crippen LogP contribution in [-0.4, -0.2) is 58.8 Å². The van der Waals surface area contributed by atoms with Crippen LogP contribution >= 0.6 is 12.4 Å². The van der Waals surface area contributed by atoms with Crippen molar-refractivity contribution in [2.75, 3.05) is 26.2 Å². The van der Waals surface area contributed by atoms with Crippen LogP contribution in [0.15, 0.2) is 82.7 Å². The third-order valence-electron chi connectivity index (χ3n) is 5.54. The highest BCUT2D eigenvalue weighted by Crippen LogP contribution is 2.26. The summed E-state index contributed by atoms with van der Waals surface area (Å²) in [5.41, 5.74) is 6.92. The van der Waals surface area contributed by atoms with Gasteiger partial charge in [0.2, 0.25) is 5.90 Å². The van der Waals surface area contributed by atoms with Crippen molar-refractivity contribution in [3.05, 3.63) is 84.1 Å². The highest BCUT2D eigenvalue weighted by Gasteiger charge is 2.27. The van der Waals surface area contributed by atoms with Gasteiger partial charge in [-0.15, -0.1) is 12.4 Å². The van der Waals surface area contributed by atoms with Crippen molar-refractivity contribution < 1.29 is 13.9 Å². The Morgan fingerprint density at radius 1 is 1.03 bits per heavy atom. The zero-order chi connectivity index (χ0) is 22.8. The fourth-order valence-electron chi connectivity index (χ4n) is 3.82. The summed E-state index contributed by atoms with van der Waals surface area (Å²) in [5.74, 6) is 0.275. The molecule has 3 heterocycles. The molecule has 1 aromatic heterocycles. The Morgan fingerprint density at radius 3 is 2.50 bits per heavy atom. The molecule has 2 aliphatic heterocycles. The largest absolute Gasteiger partial charge is 0.402 e. The standard InChI is InChI=1S/C24H21FN6O2.ClH/c25-19-9-8-18(16-5-1-2-6-17(16)19)22-28-20(23(32)33-22)15-30-11-13-31(14-12-30)24(26)29-21-7-3-4-10-27-21;/h1-10,15H,11-14H2,(H2,26,27,29);1H/b20-15+;. The Balaban J connectivity index is 0.00000274. The maximum atomic E-state index is 14.1. The van der Waals surface area contributed by atoms with E-state index in [2.05, 4.69) is 15.0 Å². The highest BCUT2D eigenvalue weighted by molar-refractivity contribution is 6.16. The number of nitrogens with two attached hydrogens (primary N) is 1. The molecule has 174 valence electrons. The van der Waals surface area contributed by atoms with Crippen LogP contribution in [0.2, 0.25) is 0 Å². The Bertz CT molecular complexity index is 1300. The number of nitrogens with zero attached hydrogens (tertiary/aromatic N) is 5. The van der Waals surface area contributed by atoms with E-state index in [1.165, 1.54) is 6.07 Å². The molecule has 0 spiro atoms. The second-order valence-electron chi connectivity index (χ2n) is 7.64. The lowest BCUT2D eigenvalue weighted by atomic mass is 10.0. The predicted octanol–water partition coefficient (Wildman–Crippen LogP) is 3.20. The number of ether oxygens (including phenoxy) is 1. The number of esters is 1. The summed E-state index contributed by atoms with van der Waals surface area (Å²) in [6, 6.07) is 15.4. The third-order valence-corrected chi connectivity index (χ3v) is 5.54. The Hall–Kier alpha value is -3.98. The van der Waals surface area contributed by atoms with Gasteiger partial charge in [-0.25, -0.2) is 19.2 Å². The number of guanidine groups is 1. The normalized spacial score (nSPS) is 17.6. The van der Waals surface area contributed by atoms with Crippen molar-refractivity contribution >= 4 is 46.8 Å². The van der Waals surface area contributed by atoms with E-state index >= 15 is 0 Å². The lowest BCUT2D eigenvalue weighted by molar-refractivity contribution is -0.130. The predicted molar refractivity (Wildman–Crippen MR) is 131 cm³/mol. The topological polar surface area (TPSA) is 96.4 Å². The molecule has 0 bridgehead atoms. The van der Waals surface area contributed by atoms with E-state index in [9.17, 15) is 9.18 Å². The van der Waals surface area contributed by atoms with Gasteiger partial charge in [0.1, 0.15) is 5.82 Å². The fourth-order valence-corrected chi connectivity index (χ4v) is 3.82. The van der Waals surface area contributed by atoms with Crippen LogP contribution in [0, 0.1) is 5.82 Å². The van der Waals surface area contributed by atoms with E-state index in [-0.39, 0.29) is 29.8 Å². The van der Waals surface area contributed by atoms with Crippen molar-refractivity contribution in [3.63, 3.8) is 0 Å². The molecule has 2 N–H and O–H groups in total. The van der Waals surface area contributed by atoms with Gasteiger partial charge in [0.15, 0.2) is 17.5 Å². The number of aliphatic imine (C=N–C) groups is 2. The average Bonchev–Trinajstić information content (AvgIpc) is 3.20. The number of hydrogen-bond donors (Lipinski definition) is 1. The van der Waals surface area contributed by atoms with Crippen LogP contribution in [0.25, 0.3) is 10.8 Å². The molecule has 2 aliphatic rings. The summed E-state index contributed by atoms with van der Waals surface area (Å²) >= 11 is 0. The Labute approximate surface area is 201 Å². The third kappa shape index (κ3) is 4.69. The Morgan fingerprint density at radius 2 is 1.76 bits per heavy atom. The van der Waals surface area contributed by atoms with Gasteiger partial charge in [-0.1, -0.05) is 30.3 Å². The zero-order valence-electron chi connectivity index (χ0n) is 18.1. The summed E-state index contributed by atoms with van der Waals surface area (Å²) < 4.78 is 19.5. The average molecular weight is 481 g/mol. The minimum atomic E-state index is -0.530. The molecule has 0 amide bonds. The zero-order valence-corrected chi connectivity index (χ0v) is 18.9. The molecule has 0 saturated carbocycles. The Kier molecular flexibility index (Phi) is 6.74. The molecule has 1 fully saturated rings. The monoisotopic (exact) mass is 480 g/mol. The lowest BCUT2D eigenvalue weighted by Crippen LogP contribution is -2.49. The van der Waals surface area contributed by atoms with Crippen LogP contribution in [0.5, 0.6) is 0 Å². The number of rotatable bonds is 3.